The van der Waals surface area contributed by atoms with Crippen LogP contribution in [0.4, 0.5) is 5.69 Å². The number of anilines is 1. The Morgan fingerprint density at radius 1 is 1.27 bits per heavy atom. The lowest BCUT2D eigenvalue weighted by Crippen LogP contribution is -2.47. The molecule has 0 saturated carbocycles. The van der Waals surface area contributed by atoms with E-state index in [1.165, 1.54) is 6.92 Å². The van der Waals surface area contributed by atoms with E-state index in [0.29, 0.717) is 18.7 Å². The van der Waals surface area contributed by atoms with Gasteiger partial charge in [-0.2, -0.15) is 0 Å². The highest BCUT2D eigenvalue weighted by molar-refractivity contribution is 6.02. The zero-order chi connectivity index (χ0) is 15.7. The van der Waals surface area contributed by atoms with E-state index >= 15 is 0 Å². The molecule has 1 aromatic heterocycles. The van der Waals surface area contributed by atoms with Crippen molar-refractivity contribution in [3.05, 3.63) is 53.5 Å². The minimum atomic E-state index is -0.494. The predicted molar refractivity (Wildman–Crippen MR) is 82.4 cm³/mol. The second kappa shape index (κ2) is 5.67. The van der Waals surface area contributed by atoms with Gasteiger partial charge in [0.05, 0.1) is 6.54 Å². The van der Waals surface area contributed by atoms with E-state index in [1.54, 1.807) is 4.90 Å². The minimum absolute atomic E-state index is 0.126. The summed E-state index contributed by atoms with van der Waals surface area (Å²) in [6.45, 7) is 3.67. The number of fused-ring (bicyclic) bond motifs is 1. The van der Waals surface area contributed by atoms with Gasteiger partial charge in [-0.05, 0) is 30.7 Å². The van der Waals surface area contributed by atoms with E-state index in [4.69, 9.17) is 4.42 Å². The number of hydrogen-bond acceptors (Lipinski definition) is 3. The Morgan fingerprint density at radius 2 is 2.05 bits per heavy atom. The molecule has 5 heteroatoms. The molecule has 114 valence electrons. The molecule has 2 amide bonds. The summed E-state index contributed by atoms with van der Waals surface area (Å²) in [6, 6.07) is 10.8. The lowest BCUT2D eigenvalue weighted by Gasteiger charge is -2.23. The van der Waals surface area contributed by atoms with Crippen molar-refractivity contribution in [1.82, 2.24) is 5.32 Å². The lowest BCUT2D eigenvalue weighted by molar-refractivity contribution is -0.125. The number of carbonyl (C=O) groups is 2. The first-order valence-corrected chi connectivity index (χ1v) is 7.27. The predicted octanol–water partition coefficient (Wildman–Crippen LogP) is 2.18. The van der Waals surface area contributed by atoms with Crippen molar-refractivity contribution in [2.75, 3.05) is 4.90 Å². The van der Waals surface area contributed by atoms with Crippen molar-refractivity contribution in [3.8, 4) is 0 Å². The van der Waals surface area contributed by atoms with Gasteiger partial charge in [-0.25, -0.2) is 0 Å². The first-order valence-electron chi connectivity index (χ1n) is 7.27. The second-order valence-electron chi connectivity index (χ2n) is 5.47. The van der Waals surface area contributed by atoms with Crippen LogP contribution in [0.2, 0.25) is 0 Å². The number of nitrogens with zero attached hydrogens (tertiary/aromatic N) is 1. The molecule has 5 nitrogen and oxygen atoms in total. The molecule has 0 bridgehead atoms. The maximum Gasteiger partial charge on any atom is 0.243 e. The average Bonchev–Trinajstić information content (AvgIpc) is 3.08. The number of carbonyl (C=O) groups excluding carboxylic acids is 2. The summed E-state index contributed by atoms with van der Waals surface area (Å²) in [7, 11) is 0. The third-order valence-electron chi connectivity index (χ3n) is 3.85. The molecule has 1 aliphatic heterocycles. The first-order chi connectivity index (χ1) is 10.6. The zero-order valence-corrected chi connectivity index (χ0v) is 12.6. The number of benzene rings is 1. The molecule has 22 heavy (non-hydrogen) atoms. The fourth-order valence-electron chi connectivity index (χ4n) is 2.86. The van der Waals surface area contributed by atoms with Crippen LogP contribution in [-0.2, 0) is 22.6 Å². The summed E-state index contributed by atoms with van der Waals surface area (Å²) >= 11 is 0. The summed E-state index contributed by atoms with van der Waals surface area (Å²) in [6.07, 6.45) is 0.540. The molecular formula is C17H18N2O3. The van der Waals surface area contributed by atoms with Crippen LogP contribution in [0.5, 0.6) is 0 Å². The van der Waals surface area contributed by atoms with Gasteiger partial charge in [0.2, 0.25) is 11.8 Å². The molecule has 2 heterocycles. The Kier molecular flexibility index (Phi) is 3.71. The van der Waals surface area contributed by atoms with Crippen molar-refractivity contribution in [3.63, 3.8) is 0 Å². The van der Waals surface area contributed by atoms with Crippen LogP contribution < -0.4 is 10.2 Å². The third-order valence-corrected chi connectivity index (χ3v) is 3.85. The maximum absolute atomic E-state index is 12.5. The fourth-order valence-corrected chi connectivity index (χ4v) is 2.86. The highest BCUT2D eigenvalue weighted by Crippen LogP contribution is 2.32. The Labute approximate surface area is 128 Å². The normalized spacial score (nSPS) is 16.5. The Bertz CT molecular complexity index is 720. The van der Waals surface area contributed by atoms with Gasteiger partial charge in [0.1, 0.15) is 17.6 Å². The van der Waals surface area contributed by atoms with E-state index in [0.717, 1.165) is 17.0 Å². The molecule has 3 rings (SSSR count). The molecule has 0 unspecified atom stereocenters. The third kappa shape index (κ3) is 2.62. The van der Waals surface area contributed by atoms with Crippen molar-refractivity contribution < 1.29 is 14.0 Å². The van der Waals surface area contributed by atoms with Crippen LogP contribution in [0.1, 0.15) is 24.0 Å². The van der Waals surface area contributed by atoms with Gasteiger partial charge in [-0.3, -0.25) is 14.5 Å². The number of aryl methyl sites for hydroxylation is 1. The highest BCUT2D eigenvalue weighted by Gasteiger charge is 2.36. The SMILES string of the molecule is CC(=O)N1c2ccccc2C[C@@H]1C(=O)NCc1ccc(C)o1. The van der Waals surface area contributed by atoms with Gasteiger partial charge < -0.3 is 9.73 Å². The standard InChI is InChI=1S/C17H18N2O3/c1-11-7-8-14(22-11)10-18-17(21)16-9-13-5-3-4-6-15(13)19(16)12(2)20/h3-8,16H,9-10H2,1-2H3,(H,18,21)/t16-/m1/s1. The minimum Gasteiger partial charge on any atom is -0.465 e. The van der Waals surface area contributed by atoms with Gasteiger partial charge in [-0.1, -0.05) is 18.2 Å². The molecule has 1 aliphatic rings. The molecule has 1 N–H and O–H groups in total. The van der Waals surface area contributed by atoms with E-state index in [2.05, 4.69) is 5.32 Å². The number of rotatable bonds is 3. The van der Waals surface area contributed by atoms with Crippen molar-refractivity contribution in [2.24, 2.45) is 0 Å². The molecule has 1 atom stereocenters. The van der Waals surface area contributed by atoms with Crippen molar-refractivity contribution in [1.29, 1.82) is 0 Å². The number of para-hydroxylation sites is 1. The van der Waals surface area contributed by atoms with Crippen LogP contribution in [0, 0.1) is 6.92 Å². The maximum atomic E-state index is 12.5. The summed E-state index contributed by atoms with van der Waals surface area (Å²) in [5.74, 6) is 1.22. The summed E-state index contributed by atoms with van der Waals surface area (Å²) < 4.78 is 5.44. The van der Waals surface area contributed by atoms with Gasteiger partial charge in [0.15, 0.2) is 0 Å². The number of furan rings is 1. The molecule has 2 aromatic rings. The Hall–Kier alpha value is -2.56. The average molecular weight is 298 g/mol. The topological polar surface area (TPSA) is 62.6 Å². The van der Waals surface area contributed by atoms with Crippen molar-refractivity contribution in [2.45, 2.75) is 32.9 Å². The van der Waals surface area contributed by atoms with Gasteiger partial charge in [0, 0.05) is 19.0 Å². The number of nitrogens with one attached hydrogen (secondary N) is 1. The van der Waals surface area contributed by atoms with Gasteiger partial charge in [0.25, 0.3) is 0 Å². The van der Waals surface area contributed by atoms with Crippen LogP contribution in [0.3, 0.4) is 0 Å². The molecule has 0 saturated heterocycles. The largest absolute Gasteiger partial charge is 0.465 e. The van der Waals surface area contributed by atoms with E-state index in [9.17, 15) is 9.59 Å². The van der Waals surface area contributed by atoms with Crippen LogP contribution in [0.25, 0.3) is 0 Å². The molecule has 0 radical (unpaired) electrons. The monoisotopic (exact) mass is 298 g/mol. The summed E-state index contributed by atoms with van der Waals surface area (Å²) in [5, 5.41) is 2.85. The smallest absolute Gasteiger partial charge is 0.243 e. The fraction of sp³-hybridized carbons (Fsp3) is 0.294. The van der Waals surface area contributed by atoms with Gasteiger partial charge >= 0.3 is 0 Å². The number of hydrogen-bond donors (Lipinski definition) is 1. The summed E-state index contributed by atoms with van der Waals surface area (Å²) in [5.41, 5.74) is 1.84. The number of amides is 2. The molecule has 1 aromatic carbocycles. The van der Waals surface area contributed by atoms with E-state index in [-0.39, 0.29) is 11.8 Å². The lowest BCUT2D eigenvalue weighted by atomic mass is 10.1. The Morgan fingerprint density at radius 3 is 2.73 bits per heavy atom. The molecule has 0 spiro atoms. The highest BCUT2D eigenvalue weighted by atomic mass is 16.3. The van der Waals surface area contributed by atoms with Crippen molar-refractivity contribution >= 4 is 17.5 Å². The molecule has 0 fully saturated rings. The van der Waals surface area contributed by atoms with Gasteiger partial charge in [-0.15, -0.1) is 0 Å². The quantitative estimate of drug-likeness (QED) is 0.944. The molecule has 0 aliphatic carbocycles. The van der Waals surface area contributed by atoms with Crippen LogP contribution in [0.15, 0.2) is 40.8 Å². The van der Waals surface area contributed by atoms with Crippen LogP contribution >= 0.6 is 0 Å². The van der Waals surface area contributed by atoms with Crippen LogP contribution in [-0.4, -0.2) is 17.9 Å². The first kappa shape index (κ1) is 14.4. The molecular weight excluding hydrogens is 280 g/mol. The Balaban J connectivity index is 1.74. The zero-order valence-electron chi connectivity index (χ0n) is 12.6. The van der Waals surface area contributed by atoms with E-state index in [1.807, 2.05) is 43.3 Å². The summed E-state index contributed by atoms with van der Waals surface area (Å²) in [4.78, 5) is 26.0. The van der Waals surface area contributed by atoms with E-state index < -0.39 is 6.04 Å². The second-order valence-corrected chi connectivity index (χ2v) is 5.47.